The van der Waals surface area contributed by atoms with Crippen LogP contribution in [0.2, 0.25) is 5.02 Å². The fourth-order valence-corrected chi connectivity index (χ4v) is 3.43. The molecule has 0 bridgehead atoms. The molecule has 0 aromatic heterocycles. The molecule has 1 heterocycles. The third kappa shape index (κ3) is 8.87. The lowest BCUT2D eigenvalue weighted by molar-refractivity contribution is -0.120. The molecule has 0 spiro atoms. The topological polar surface area (TPSA) is 112 Å². The number of amides is 2. The minimum absolute atomic E-state index is 0.133. The Morgan fingerprint density at radius 1 is 1.26 bits per heavy atom. The molecule has 1 aliphatic heterocycles. The van der Waals surface area contributed by atoms with Crippen molar-refractivity contribution in [2.75, 3.05) is 32.8 Å². The smallest absolute Gasteiger partial charge is 0.410 e. The first-order valence-electron chi connectivity index (χ1n) is 10.6. The number of hydrogen-bond acceptors (Lipinski definition) is 6. The van der Waals surface area contributed by atoms with Gasteiger partial charge in [0, 0.05) is 18.2 Å². The highest BCUT2D eigenvalue weighted by Crippen LogP contribution is 2.15. The highest BCUT2D eigenvalue weighted by Gasteiger charge is 2.32. The molecule has 1 fully saturated rings. The van der Waals surface area contributed by atoms with E-state index < -0.39 is 13.0 Å². The summed E-state index contributed by atoms with van der Waals surface area (Å²) in [6.07, 6.45) is 2.40. The molecule has 8 nitrogen and oxygen atoms in total. The molecule has 1 saturated heterocycles. The number of nitriles is 1. The summed E-state index contributed by atoms with van der Waals surface area (Å²) < 4.78 is 11.8. The molecule has 2 rings (SSSR count). The summed E-state index contributed by atoms with van der Waals surface area (Å²) in [5, 5.41) is 18.3. The van der Waals surface area contributed by atoms with Gasteiger partial charge >= 0.3 is 7.12 Å². The normalized spacial score (nSPS) is 16.3. The number of hydrogen-bond donors (Lipinski definition) is 3. The van der Waals surface area contributed by atoms with Gasteiger partial charge in [-0.2, -0.15) is 5.26 Å². The van der Waals surface area contributed by atoms with Gasteiger partial charge < -0.3 is 25.3 Å². The molecule has 1 atom stereocenters. The zero-order valence-corrected chi connectivity index (χ0v) is 18.8. The van der Waals surface area contributed by atoms with Gasteiger partial charge in [-0.1, -0.05) is 25.4 Å². The first-order chi connectivity index (χ1) is 14.9. The number of benzene rings is 1. The van der Waals surface area contributed by atoms with Crippen LogP contribution in [0.3, 0.4) is 0 Å². The average Bonchev–Trinajstić information content (AvgIpc) is 2.75. The van der Waals surface area contributed by atoms with Crippen molar-refractivity contribution in [1.82, 2.24) is 16.0 Å². The first-order valence-corrected chi connectivity index (χ1v) is 11.0. The molecule has 2 amide bonds. The van der Waals surface area contributed by atoms with Crippen molar-refractivity contribution in [1.29, 1.82) is 5.26 Å². The van der Waals surface area contributed by atoms with E-state index in [0.29, 0.717) is 30.6 Å². The summed E-state index contributed by atoms with van der Waals surface area (Å²) >= 11 is 5.93. The van der Waals surface area contributed by atoms with Gasteiger partial charge in [0.25, 0.3) is 5.91 Å². The molecule has 1 aromatic carbocycles. The van der Waals surface area contributed by atoms with E-state index >= 15 is 0 Å². The Morgan fingerprint density at radius 3 is 2.55 bits per heavy atom. The Morgan fingerprint density at radius 2 is 1.94 bits per heavy atom. The van der Waals surface area contributed by atoms with E-state index in [2.05, 4.69) is 29.8 Å². The number of nitrogens with zero attached hydrogens (tertiary/aromatic N) is 1. The predicted octanol–water partition coefficient (Wildman–Crippen LogP) is 1.92. The maximum atomic E-state index is 12.6. The van der Waals surface area contributed by atoms with Gasteiger partial charge in [0.2, 0.25) is 5.91 Å². The van der Waals surface area contributed by atoms with Crippen LogP contribution < -0.4 is 16.0 Å². The second-order valence-corrected chi connectivity index (χ2v) is 8.29. The van der Waals surface area contributed by atoms with E-state index in [1.54, 1.807) is 0 Å². The molecule has 0 radical (unpaired) electrons. The van der Waals surface area contributed by atoms with Crippen LogP contribution in [0.4, 0.5) is 0 Å². The van der Waals surface area contributed by atoms with Gasteiger partial charge in [-0.25, -0.2) is 0 Å². The van der Waals surface area contributed by atoms with Crippen molar-refractivity contribution in [3.8, 4) is 6.07 Å². The molecule has 0 saturated carbocycles. The fraction of sp³-hybridized carbons (Fsp3) is 0.571. The van der Waals surface area contributed by atoms with Crippen molar-refractivity contribution in [2.45, 2.75) is 39.1 Å². The van der Waals surface area contributed by atoms with Gasteiger partial charge in [0.05, 0.1) is 29.7 Å². The summed E-state index contributed by atoms with van der Waals surface area (Å²) in [5.74, 6) is -0.912. The summed E-state index contributed by atoms with van der Waals surface area (Å²) in [6, 6.07) is 6.37. The van der Waals surface area contributed by atoms with Crippen molar-refractivity contribution < 1.29 is 18.9 Å². The first kappa shape index (κ1) is 25.1. The average molecular weight is 449 g/mol. The van der Waals surface area contributed by atoms with Crippen LogP contribution in [-0.2, 0) is 14.1 Å². The number of rotatable bonds is 7. The summed E-state index contributed by atoms with van der Waals surface area (Å²) in [7, 11) is -0.543. The molecule has 10 heteroatoms. The Kier molecular flexibility index (Phi) is 10.8. The highest BCUT2D eigenvalue weighted by molar-refractivity contribution is 6.47. The standard InChI is InChI=1S/C21H30BClN4O4/c1-15(2)11-19(22-30-9-3-7-25-8-4-10-31-22)27-20(28)14-26-21(29)18-12-17(23)6-5-16(18)13-24/h5-6,12,15,19,25H,3-4,7-11,14H2,1-2H3,(H,26,29)(H,27,28)/t19-/m0/s1. The maximum Gasteiger partial charge on any atom is 0.480 e. The van der Waals surface area contributed by atoms with Crippen molar-refractivity contribution in [3.05, 3.63) is 34.3 Å². The maximum absolute atomic E-state index is 12.6. The van der Waals surface area contributed by atoms with Crippen LogP contribution in [0.15, 0.2) is 18.2 Å². The third-order valence-corrected chi connectivity index (χ3v) is 4.95. The van der Waals surface area contributed by atoms with Gasteiger partial charge in [-0.05, 0) is 56.5 Å². The fourth-order valence-electron chi connectivity index (χ4n) is 3.26. The quantitative estimate of drug-likeness (QED) is 0.549. The molecular weight excluding hydrogens is 419 g/mol. The zero-order valence-electron chi connectivity index (χ0n) is 18.1. The molecule has 0 aliphatic carbocycles. The Hall–Kier alpha value is -2.12. The Balaban J connectivity index is 1.97. The lowest BCUT2D eigenvalue weighted by atomic mass is 9.73. The second kappa shape index (κ2) is 13.3. The van der Waals surface area contributed by atoms with Gasteiger partial charge in [-0.3, -0.25) is 9.59 Å². The Bertz CT molecular complexity index is 777. The molecule has 168 valence electrons. The lowest BCUT2D eigenvalue weighted by Crippen LogP contribution is -2.52. The summed E-state index contributed by atoms with van der Waals surface area (Å²) in [5.41, 5.74) is 0.326. The molecule has 3 N–H and O–H groups in total. The van der Waals surface area contributed by atoms with E-state index in [0.717, 1.165) is 25.9 Å². The van der Waals surface area contributed by atoms with E-state index in [1.165, 1.54) is 18.2 Å². The second-order valence-electron chi connectivity index (χ2n) is 7.86. The van der Waals surface area contributed by atoms with E-state index in [9.17, 15) is 14.9 Å². The van der Waals surface area contributed by atoms with Crippen LogP contribution in [0.1, 0.15) is 49.0 Å². The van der Waals surface area contributed by atoms with Crippen molar-refractivity contribution >= 4 is 30.5 Å². The largest absolute Gasteiger partial charge is 0.480 e. The van der Waals surface area contributed by atoms with Crippen LogP contribution >= 0.6 is 11.6 Å². The van der Waals surface area contributed by atoms with Crippen molar-refractivity contribution in [3.63, 3.8) is 0 Å². The van der Waals surface area contributed by atoms with Gasteiger partial charge in [-0.15, -0.1) is 0 Å². The van der Waals surface area contributed by atoms with E-state index in [-0.39, 0.29) is 29.5 Å². The van der Waals surface area contributed by atoms with Gasteiger partial charge in [0.15, 0.2) is 0 Å². The number of carbonyl (C=O) groups is 2. The number of carbonyl (C=O) groups excluding carboxylic acids is 2. The molecule has 0 unspecified atom stereocenters. The minimum Gasteiger partial charge on any atom is -0.410 e. The number of halogens is 1. The van der Waals surface area contributed by atoms with Crippen LogP contribution in [0.25, 0.3) is 0 Å². The Labute approximate surface area is 189 Å². The molecule has 1 aromatic rings. The van der Waals surface area contributed by atoms with Crippen LogP contribution in [-0.4, -0.2) is 57.7 Å². The monoisotopic (exact) mass is 448 g/mol. The number of nitrogens with one attached hydrogen (secondary N) is 3. The SMILES string of the molecule is CC(C)C[C@H](NC(=O)CNC(=O)c1cc(Cl)ccc1C#N)B1OCCCNCCCO1. The molecular formula is C21H30BClN4O4. The zero-order chi connectivity index (χ0) is 22.6. The van der Waals surface area contributed by atoms with E-state index in [4.69, 9.17) is 20.9 Å². The third-order valence-electron chi connectivity index (χ3n) is 4.72. The van der Waals surface area contributed by atoms with Crippen LogP contribution in [0, 0.1) is 17.2 Å². The highest BCUT2D eigenvalue weighted by atomic mass is 35.5. The molecule has 1 aliphatic rings. The van der Waals surface area contributed by atoms with E-state index in [1.807, 2.05) is 6.07 Å². The van der Waals surface area contributed by atoms with Gasteiger partial charge in [0.1, 0.15) is 0 Å². The summed E-state index contributed by atoms with van der Waals surface area (Å²) in [4.78, 5) is 25.0. The molecule has 31 heavy (non-hydrogen) atoms. The van der Waals surface area contributed by atoms with Crippen LogP contribution in [0.5, 0.6) is 0 Å². The van der Waals surface area contributed by atoms with Crippen molar-refractivity contribution in [2.24, 2.45) is 5.92 Å². The minimum atomic E-state index is -0.543. The lowest BCUT2D eigenvalue weighted by Gasteiger charge is -2.27. The summed E-state index contributed by atoms with van der Waals surface area (Å²) in [6.45, 7) is 6.72. The predicted molar refractivity (Wildman–Crippen MR) is 120 cm³/mol.